The number of benzene rings is 1. The molecule has 19 heavy (non-hydrogen) atoms. The standard InChI is InChI=1S/C16H26N2O/c1-13(2)15-5-3-14(4-6-15)11-17-8-7-16-12-19-10-9-18-16/h3-6,13,16-18H,7-12H2,1-2H3. The number of nitrogens with one attached hydrogen (secondary N) is 2. The zero-order chi connectivity index (χ0) is 13.5. The third-order valence-electron chi connectivity index (χ3n) is 3.64. The van der Waals surface area contributed by atoms with Gasteiger partial charge in [0.05, 0.1) is 13.2 Å². The number of hydrogen-bond donors (Lipinski definition) is 2. The van der Waals surface area contributed by atoms with Crippen molar-refractivity contribution >= 4 is 0 Å². The van der Waals surface area contributed by atoms with E-state index in [4.69, 9.17) is 4.74 Å². The van der Waals surface area contributed by atoms with Crippen LogP contribution in [0.5, 0.6) is 0 Å². The molecule has 1 fully saturated rings. The highest BCUT2D eigenvalue weighted by molar-refractivity contribution is 5.24. The summed E-state index contributed by atoms with van der Waals surface area (Å²) < 4.78 is 5.44. The summed E-state index contributed by atoms with van der Waals surface area (Å²) in [4.78, 5) is 0. The van der Waals surface area contributed by atoms with Gasteiger partial charge in [0.2, 0.25) is 0 Å². The summed E-state index contributed by atoms with van der Waals surface area (Å²) in [5.74, 6) is 0.611. The molecule has 106 valence electrons. The highest BCUT2D eigenvalue weighted by atomic mass is 16.5. The molecule has 1 heterocycles. The number of ether oxygens (including phenoxy) is 1. The van der Waals surface area contributed by atoms with Crippen molar-refractivity contribution in [3.05, 3.63) is 35.4 Å². The van der Waals surface area contributed by atoms with Crippen LogP contribution in [0.3, 0.4) is 0 Å². The van der Waals surface area contributed by atoms with Crippen molar-refractivity contribution in [3.63, 3.8) is 0 Å². The maximum absolute atomic E-state index is 5.44. The molecule has 0 amide bonds. The van der Waals surface area contributed by atoms with Gasteiger partial charge >= 0.3 is 0 Å². The Kier molecular flexibility index (Phi) is 5.83. The Labute approximate surface area is 116 Å². The van der Waals surface area contributed by atoms with E-state index in [2.05, 4.69) is 48.7 Å². The van der Waals surface area contributed by atoms with E-state index in [0.717, 1.165) is 39.3 Å². The van der Waals surface area contributed by atoms with Crippen molar-refractivity contribution in [3.8, 4) is 0 Å². The van der Waals surface area contributed by atoms with Crippen molar-refractivity contribution in [2.45, 2.75) is 38.8 Å². The van der Waals surface area contributed by atoms with Gasteiger partial charge in [-0.05, 0) is 30.0 Å². The average molecular weight is 262 g/mol. The lowest BCUT2D eigenvalue weighted by Gasteiger charge is -2.23. The van der Waals surface area contributed by atoms with Crippen LogP contribution in [0.25, 0.3) is 0 Å². The summed E-state index contributed by atoms with van der Waals surface area (Å²) in [6.45, 7) is 9.14. The molecule has 0 saturated carbocycles. The molecule has 0 aromatic heterocycles. The van der Waals surface area contributed by atoms with E-state index in [1.165, 1.54) is 11.1 Å². The molecule has 1 aromatic carbocycles. The Hall–Kier alpha value is -0.900. The van der Waals surface area contributed by atoms with Crippen LogP contribution in [0.1, 0.15) is 37.3 Å². The molecule has 1 atom stereocenters. The summed E-state index contributed by atoms with van der Waals surface area (Å²) in [5, 5.41) is 6.97. The van der Waals surface area contributed by atoms with Gasteiger partial charge in [0, 0.05) is 19.1 Å². The number of hydrogen-bond acceptors (Lipinski definition) is 3. The third-order valence-corrected chi connectivity index (χ3v) is 3.64. The molecule has 0 radical (unpaired) electrons. The predicted molar refractivity (Wildman–Crippen MR) is 79.5 cm³/mol. The molecule has 1 saturated heterocycles. The smallest absolute Gasteiger partial charge is 0.0620 e. The second-order valence-electron chi connectivity index (χ2n) is 5.59. The minimum atomic E-state index is 0.518. The topological polar surface area (TPSA) is 33.3 Å². The largest absolute Gasteiger partial charge is 0.379 e. The molecule has 3 nitrogen and oxygen atoms in total. The van der Waals surface area contributed by atoms with Gasteiger partial charge in [-0.25, -0.2) is 0 Å². The lowest BCUT2D eigenvalue weighted by Crippen LogP contribution is -2.42. The minimum Gasteiger partial charge on any atom is -0.379 e. The maximum atomic E-state index is 5.44. The second-order valence-corrected chi connectivity index (χ2v) is 5.59. The lowest BCUT2D eigenvalue weighted by atomic mass is 10.0. The molecule has 2 rings (SSSR count). The first-order chi connectivity index (χ1) is 9.25. The fourth-order valence-corrected chi connectivity index (χ4v) is 2.33. The van der Waals surface area contributed by atoms with Gasteiger partial charge in [0.1, 0.15) is 0 Å². The van der Waals surface area contributed by atoms with E-state index < -0.39 is 0 Å². The zero-order valence-corrected chi connectivity index (χ0v) is 12.1. The highest BCUT2D eigenvalue weighted by Gasteiger charge is 2.11. The Bertz CT molecular complexity index is 356. The van der Waals surface area contributed by atoms with Crippen molar-refractivity contribution in [2.75, 3.05) is 26.3 Å². The molecule has 2 N–H and O–H groups in total. The second kappa shape index (κ2) is 7.63. The predicted octanol–water partition coefficient (Wildman–Crippen LogP) is 2.28. The molecule has 0 spiro atoms. The van der Waals surface area contributed by atoms with Crippen molar-refractivity contribution in [1.82, 2.24) is 10.6 Å². The molecule has 1 unspecified atom stereocenters. The summed E-state index contributed by atoms with van der Waals surface area (Å²) >= 11 is 0. The Balaban J connectivity index is 1.64. The van der Waals surface area contributed by atoms with Crippen LogP contribution in [0.2, 0.25) is 0 Å². The van der Waals surface area contributed by atoms with Gasteiger partial charge in [-0.2, -0.15) is 0 Å². The quantitative estimate of drug-likeness (QED) is 0.772. The first kappa shape index (κ1) is 14.5. The van der Waals surface area contributed by atoms with E-state index in [9.17, 15) is 0 Å². The molecule has 0 aliphatic carbocycles. The van der Waals surface area contributed by atoms with E-state index in [-0.39, 0.29) is 0 Å². The van der Waals surface area contributed by atoms with Crippen LogP contribution in [0, 0.1) is 0 Å². The average Bonchev–Trinajstić information content (AvgIpc) is 2.45. The van der Waals surface area contributed by atoms with E-state index in [0.29, 0.717) is 12.0 Å². The number of morpholine rings is 1. The zero-order valence-electron chi connectivity index (χ0n) is 12.1. The van der Waals surface area contributed by atoms with Gasteiger partial charge in [-0.1, -0.05) is 38.1 Å². The normalized spacial score (nSPS) is 19.8. The van der Waals surface area contributed by atoms with E-state index in [1.807, 2.05) is 0 Å². The fraction of sp³-hybridized carbons (Fsp3) is 0.625. The molecular weight excluding hydrogens is 236 g/mol. The molecule has 1 aliphatic heterocycles. The SMILES string of the molecule is CC(C)c1ccc(CNCCC2COCCN2)cc1. The van der Waals surface area contributed by atoms with Gasteiger partial charge in [0.15, 0.2) is 0 Å². The van der Waals surface area contributed by atoms with Gasteiger partial charge in [-0.15, -0.1) is 0 Å². The van der Waals surface area contributed by atoms with Crippen LogP contribution in [0.4, 0.5) is 0 Å². The van der Waals surface area contributed by atoms with E-state index >= 15 is 0 Å². The molecule has 1 aromatic rings. The highest BCUT2D eigenvalue weighted by Crippen LogP contribution is 2.14. The first-order valence-corrected chi connectivity index (χ1v) is 7.36. The van der Waals surface area contributed by atoms with Gasteiger partial charge in [-0.3, -0.25) is 0 Å². The fourth-order valence-electron chi connectivity index (χ4n) is 2.33. The van der Waals surface area contributed by atoms with Crippen LogP contribution in [-0.2, 0) is 11.3 Å². The van der Waals surface area contributed by atoms with Gasteiger partial charge in [0.25, 0.3) is 0 Å². The Morgan fingerprint density at radius 2 is 2.11 bits per heavy atom. The minimum absolute atomic E-state index is 0.518. The van der Waals surface area contributed by atoms with Crippen molar-refractivity contribution < 1.29 is 4.74 Å². The summed E-state index contributed by atoms with van der Waals surface area (Å²) in [6, 6.07) is 9.44. The Morgan fingerprint density at radius 1 is 1.32 bits per heavy atom. The van der Waals surface area contributed by atoms with E-state index in [1.54, 1.807) is 0 Å². The monoisotopic (exact) mass is 262 g/mol. The molecule has 0 bridgehead atoms. The van der Waals surface area contributed by atoms with Crippen molar-refractivity contribution in [1.29, 1.82) is 0 Å². The van der Waals surface area contributed by atoms with Crippen LogP contribution >= 0.6 is 0 Å². The maximum Gasteiger partial charge on any atom is 0.0620 e. The first-order valence-electron chi connectivity index (χ1n) is 7.36. The lowest BCUT2D eigenvalue weighted by molar-refractivity contribution is 0.0742. The summed E-state index contributed by atoms with van der Waals surface area (Å²) in [5.41, 5.74) is 2.77. The Morgan fingerprint density at radius 3 is 2.74 bits per heavy atom. The summed E-state index contributed by atoms with van der Waals surface area (Å²) in [7, 11) is 0. The third kappa shape index (κ3) is 4.94. The van der Waals surface area contributed by atoms with Gasteiger partial charge < -0.3 is 15.4 Å². The van der Waals surface area contributed by atoms with Crippen LogP contribution in [-0.4, -0.2) is 32.3 Å². The van der Waals surface area contributed by atoms with Crippen molar-refractivity contribution in [2.24, 2.45) is 0 Å². The van der Waals surface area contributed by atoms with Crippen LogP contribution in [0.15, 0.2) is 24.3 Å². The molecule has 1 aliphatic rings. The summed E-state index contributed by atoms with van der Waals surface area (Å²) in [6.07, 6.45) is 1.13. The molecule has 3 heteroatoms. The number of rotatable bonds is 6. The van der Waals surface area contributed by atoms with Crippen LogP contribution < -0.4 is 10.6 Å². The molecular formula is C16H26N2O.